The van der Waals surface area contributed by atoms with Crippen LogP contribution in [0.25, 0.3) is 0 Å². The third kappa shape index (κ3) is 3.31. The Bertz CT molecular complexity index is 92.7. The summed E-state index contributed by atoms with van der Waals surface area (Å²) in [5, 5.41) is 3.24. The monoisotopic (exact) mass is 125 g/mol. The van der Waals surface area contributed by atoms with E-state index in [9.17, 15) is 0 Å². The fourth-order valence-electron chi connectivity index (χ4n) is 0.777. The predicted octanol–water partition coefficient (Wildman–Crippen LogP) is 1.56. The van der Waals surface area contributed by atoms with Gasteiger partial charge in [-0.2, -0.15) is 0 Å². The van der Waals surface area contributed by atoms with Crippen LogP contribution in [0.15, 0.2) is 12.2 Å². The van der Waals surface area contributed by atoms with Gasteiger partial charge < -0.3 is 5.32 Å². The predicted molar refractivity (Wildman–Crippen MR) is 40.4 cm³/mol. The molecule has 1 heteroatoms. The second-order valence-corrected chi connectivity index (χ2v) is 2.57. The van der Waals surface area contributed by atoms with Crippen LogP contribution in [-0.2, 0) is 0 Å². The molecule has 0 aromatic carbocycles. The minimum Gasteiger partial charge on any atom is -0.314 e. The SMILES string of the molecule is CCNCC=CC1CC1. The maximum Gasteiger partial charge on any atom is 0.0134 e. The van der Waals surface area contributed by atoms with Gasteiger partial charge in [0, 0.05) is 6.54 Å². The zero-order valence-corrected chi connectivity index (χ0v) is 6.06. The quantitative estimate of drug-likeness (QED) is 0.444. The molecule has 0 aromatic rings. The van der Waals surface area contributed by atoms with E-state index in [4.69, 9.17) is 0 Å². The van der Waals surface area contributed by atoms with E-state index >= 15 is 0 Å². The fourth-order valence-corrected chi connectivity index (χ4v) is 0.777. The Balaban J connectivity index is 1.89. The molecule has 0 amide bonds. The molecule has 0 aliphatic heterocycles. The van der Waals surface area contributed by atoms with Gasteiger partial charge in [0.05, 0.1) is 0 Å². The molecule has 1 nitrogen and oxygen atoms in total. The van der Waals surface area contributed by atoms with Crippen LogP contribution in [0, 0.1) is 5.92 Å². The molecule has 0 heterocycles. The van der Waals surface area contributed by atoms with Gasteiger partial charge in [-0.15, -0.1) is 0 Å². The van der Waals surface area contributed by atoms with E-state index < -0.39 is 0 Å². The summed E-state index contributed by atoms with van der Waals surface area (Å²) < 4.78 is 0. The van der Waals surface area contributed by atoms with Gasteiger partial charge in [-0.1, -0.05) is 19.1 Å². The van der Waals surface area contributed by atoms with Gasteiger partial charge in [-0.25, -0.2) is 0 Å². The van der Waals surface area contributed by atoms with Crippen LogP contribution < -0.4 is 5.32 Å². The molecule has 1 aliphatic carbocycles. The molecule has 0 bridgehead atoms. The van der Waals surface area contributed by atoms with Crippen LogP contribution >= 0.6 is 0 Å². The molecule has 0 saturated heterocycles. The zero-order valence-electron chi connectivity index (χ0n) is 6.06. The van der Waals surface area contributed by atoms with Crippen molar-refractivity contribution in [3.05, 3.63) is 12.2 Å². The lowest BCUT2D eigenvalue weighted by Gasteiger charge is -1.91. The van der Waals surface area contributed by atoms with Crippen molar-refractivity contribution in [2.75, 3.05) is 13.1 Å². The third-order valence-electron chi connectivity index (χ3n) is 1.54. The standard InChI is InChI=1S/C8H15N/c1-2-9-7-3-4-8-5-6-8/h3-4,8-9H,2,5-7H2,1H3. The Morgan fingerprint density at radius 1 is 1.56 bits per heavy atom. The van der Waals surface area contributed by atoms with Gasteiger partial charge in [0.25, 0.3) is 0 Å². The molecule has 52 valence electrons. The summed E-state index contributed by atoms with van der Waals surface area (Å²) in [6.45, 7) is 4.26. The summed E-state index contributed by atoms with van der Waals surface area (Å²) in [6.07, 6.45) is 7.40. The zero-order chi connectivity index (χ0) is 6.53. The highest BCUT2D eigenvalue weighted by Crippen LogP contribution is 2.29. The summed E-state index contributed by atoms with van der Waals surface area (Å²) in [6, 6.07) is 0. The number of hydrogen-bond acceptors (Lipinski definition) is 1. The molecule has 1 N–H and O–H groups in total. The van der Waals surface area contributed by atoms with Crippen molar-refractivity contribution < 1.29 is 0 Å². The average molecular weight is 125 g/mol. The maximum atomic E-state index is 3.24. The number of nitrogens with one attached hydrogen (secondary N) is 1. The smallest absolute Gasteiger partial charge is 0.0134 e. The average Bonchev–Trinajstić information content (AvgIpc) is 2.63. The first-order valence-corrected chi connectivity index (χ1v) is 3.81. The molecule has 1 fully saturated rings. The maximum absolute atomic E-state index is 3.24. The highest BCUT2D eigenvalue weighted by molar-refractivity contribution is 4.96. The van der Waals surface area contributed by atoms with E-state index in [1.165, 1.54) is 12.8 Å². The van der Waals surface area contributed by atoms with E-state index in [2.05, 4.69) is 24.4 Å². The normalized spacial score (nSPS) is 19.2. The summed E-state index contributed by atoms with van der Waals surface area (Å²) >= 11 is 0. The molecule has 0 unspecified atom stereocenters. The largest absolute Gasteiger partial charge is 0.314 e. The summed E-state index contributed by atoms with van der Waals surface area (Å²) in [5.74, 6) is 0.934. The molecule has 0 aromatic heterocycles. The van der Waals surface area contributed by atoms with Crippen molar-refractivity contribution in [1.82, 2.24) is 5.32 Å². The van der Waals surface area contributed by atoms with Gasteiger partial charge in [0.15, 0.2) is 0 Å². The van der Waals surface area contributed by atoms with Gasteiger partial charge in [-0.3, -0.25) is 0 Å². The lowest BCUT2D eigenvalue weighted by atomic mass is 10.4. The van der Waals surface area contributed by atoms with Crippen LogP contribution in [0.1, 0.15) is 19.8 Å². The van der Waals surface area contributed by atoms with Crippen LogP contribution in [0.3, 0.4) is 0 Å². The van der Waals surface area contributed by atoms with Crippen molar-refractivity contribution in [3.8, 4) is 0 Å². The van der Waals surface area contributed by atoms with Crippen LogP contribution in [-0.4, -0.2) is 13.1 Å². The van der Waals surface area contributed by atoms with Gasteiger partial charge >= 0.3 is 0 Å². The molecule has 0 atom stereocenters. The topological polar surface area (TPSA) is 12.0 Å². The van der Waals surface area contributed by atoms with E-state index in [-0.39, 0.29) is 0 Å². The molecule has 1 saturated carbocycles. The van der Waals surface area contributed by atoms with Crippen molar-refractivity contribution in [1.29, 1.82) is 0 Å². The second kappa shape index (κ2) is 3.67. The van der Waals surface area contributed by atoms with Gasteiger partial charge in [0.2, 0.25) is 0 Å². The van der Waals surface area contributed by atoms with E-state index in [1.807, 2.05) is 0 Å². The summed E-state index contributed by atoms with van der Waals surface area (Å²) in [4.78, 5) is 0. The van der Waals surface area contributed by atoms with Crippen LogP contribution in [0.5, 0.6) is 0 Å². The van der Waals surface area contributed by atoms with Gasteiger partial charge in [0.1, 0.15) is 0 Å². The van der Waals surface area contributed by atoms with Crippen LogP contribution in [0.2, 0.25) is 0 Å². The Labute approximate surface area is 57.1 Å². The Morgan fingerprint density at radius 3 is 2.89 bits per heavy atom. The Hall–Kier alpha value is -0.300. The van der Waals surface area contributed by atoms with Gasteiger partial charge in [-0.05, 0) is 25.3 Å². The van der Waals surface area contributed by atoms with Crippen molar-refractivity contribution in [3.63, 3.8) is 0 Å². The van der Waals surface area contributed by atoms with Crippen molar-refractivity contribution in [2.24, 2.45) is 5.92 Å². The second-order valence-electron chi connectivity index (χ2n) is 2.57. The fraction of sp³-hybridized carbons (Fsp3) is 0.750. The first-order valence-electron chi connectivity index (χ1n) is 3.81. The molecule has 1 rings (SSSR count). The molecular weight excluding hydrogens is 110 g/mol. The molecule has 1 aliphatic rings. The molecule has 0 radical (unpaired) electrons. The number of likely N-dealkylation sites (N-methyl/N-ethyl adjacent to an activating group) is 1. The number of rotatable bonds is 4. The van der Waals surface area contributed by atoms with E-state index in [0.717, 1.165) is 19.0 Å². The van der Waals surface area contributed by atoms with E-state index in [0.29, 0.717) is 0 Å². The minimum atomic E-state index is 0.934. The highest BCUT2D eigenvalue weighted by Gasteiger charge is 2.16. The molecular formula is C8H15N. The van der Waals surface area contributed by atoms with Crippen molar-refractivity contribution in [2.45, 2.75) is 19.8 Å². The van der Waals surface area contributed by atoms with Crippen molar-refractivity contribution >= 4 is 0 Å². The molecule has 9 heavy (non-hydrogen) atoms. The summed E-state index contributed by atoms with van der Waals surface area (Å²) in [7, 11) is 0. The molecule has 0 spiro atoms. The highest BCUT2D eigenvalue weighted by atomic mass is 14.8. The number of hydrogen-bond donors (Lipinski definition) is 1. The minimum absolute atomic E-state index is 0.934. The number of allylic oxidation sites excluding steroid dienone is 1. The lowest BCUT2D eigenvalue weighted by molar-refractivity contribution is 0.796. The Kier molecular flexibility index (Phi) is 2.78. The lowest BCUT2D eigenvalue weighted by Crippen LogP contribution is -2.11. The van der Waals surface area contributed by atoms with E-state index in [1.54, 1.807) is 0 Å². The first-order chi connectivity index (χ1) is 4.43. The first kappa shape index (κ1) is 6.81. The van der Waals surface area contributed by atoms with Crippen LogP contribution in [0.4, 0.5) is 0 Å². The third-order valence-corrected chi connectivity index (χ3v) is 1.54. The summed E-state index contributed by atoms with van der Waals surface area (Å²) in [5.41, 5.74) is 0. The Morgan fingerprint density at radius 2 is 2.33 bits per heavy atom.